The number of hydrogen-bond acceptors (Lipinski definition) is 3. The molecule has 1 saturated heterocycles. The zero-order valence-corrected chi connectivity index (χ0v) is 12.7. The molecule has 0 aromatic carbocycles. The summed E-state index contributed by atoms with van der Waals surface area (Å²) in [6.07, 6.45) is -2.88. The minimum absolute atomic E-state index is 0.0444. The summed E-state index contributed by atoms with van der Waals surface area (Å²) in [5, 5.41) is 3.84. The first-order valence-electron chi connectivity index (χ1n) is 7.24. The molecule has 1 fully saturated rings. The number of halogens is 3. The van der Waals surface area contributed by atoms with E-state index < -0.39 is 12.1 Å². The summed E-state index contributed by atoms with van der Waals surface area (Å²) in [5.74, 6) is -1.28. The van der Waals surface area contributed by atoms with Gasteiger partial charge >= 0.3 is 6.18 Å². The second kappa shape index (κ2) is 5.43. The van der Waals surface area contributed by atoms with E-state index in [4.69, 9.17) is 4.52 Å². The fourth-order valence-corrected chi connectivity index (χ4v) is 3.04. The normalized spacial score (nSPS) is 18.7. The molecule has 0 spiro atoms. The lowest BCUT2D eigenvalue weighted by Crippen LogP contribution is -2.32. The summed E-state index contributed by atoms with van der Waals surface area (Å²) < 4.78 is 44.9. The van der Waals surface area contributed by atoms with Crippen LogP contribution in [0.2, 0.25) is 0 Å². The second-order valence-corrected chi connectivity index (χ2v) is 5.76. The Bertz CT molecular complexity index is 719. The van der Waals surface area contributed by atoms with Crippen molar-refractivity contribution in [3.05, 3.63) is 35.3 Å². The lowest BCUT2D eigenvalue weighted by molar-refractivity contribution is -0.169. The molecule has 0 unspecified atom stereocenters. The van der Waals surface area contributed by atoms with Crippen LogP contribution in [0.15, 0.2) is 22.9 Å². The van der Waals surface area contributed by atoms with Crippen LogP contribution < -0.4 is 0 Å². The standard InChI is InChI=1S/C15H16F3N3O2/c1-9-7-12(10(2)21(9)13-4-6-23-19-13)14(22)20-5-3-11(8-20)15(16,17)18/h4,6-7,11H,3,5,8H2,1-2H3/t11-/m0/s1. The van der Waals surface area contributed by atoms with E-state index in [2.05, 4.69) is 5.16 Å². The number of amides is 1. The molecule has 3 rings (SSSR count). The summed E-state index contributed by atoms with van der Waals surface area (Å²) in [6.45, 7) is 3.39. The quantitative estimate of drug-likeness (QED) is 0.852. The van der Waals surface area contributed by atoms with Crippen LogP contribution in [0.4, 0.5) is 13.2 Å². The number of hydrogen-bond donors (Lipinski definition) is 0. The molecule has 0 N–H and O–H groups in total. The summed E-state index contributed by atoms with van der Waals surface area (Å²) in [4.78, 5) is 13.8. The fourth-order valence-electron chi connectivity index (χ4n) is 3.04. The van der Waals surface area contributed by atoms with Crippen molar-refractivity contribution >= 4 is 5.91 Å². The zero-order chi connectivity index (χ0) is 16.8. The van der Waals surface area contributed by atoms with E-state index in [1.165, 1.54) is 11.2 Å². The average molecular weight is 327 g/mol. The highest BCUT2D eigenvalue weighted by molar-refractivity contribution is 5.96. The van der Waals surface area contributed by atoms with Crippen LogP contribution in [0.5, 0.6) is 0 Å². The van der Waals surface area contributed by atoms with Crippen molar-refractivity contribution in [2.75, 3.05) is 13.1 Å². The third-order valence-electron chi connectivity index (χ3n) is 4.25. The van der Waals surface area contributed by atoms with Crippen molar-refractivity contribution in [2.24, 2.45) is 5.92 Å². The molecule has 2 aromatic rings. The lowest BCUT2D eigenvalue weighted by atomic mass is 10.1. The van der Waals surface area contributed by atoms with Crippen LogP contribution in [0.3, 0.4) is 0 Å². The molecule has 0 bridgehead atoms. The van der Waals surface area contributed by atoms with Gasteiger partial charge in [-0.3, -0.25) is 9.36 Å². The number of rotatable bonds is 2. The monoisotopic (exact) mass is 327 g/mol. The summed E-state index contributed by atoms with van der Waals surface area (Å²) >= 11 is 0. The molecule has 0 radical (unpaired) electrons. The van der Waals surface area contributed by atoms with E-state index in [1.807, 2.05) is 0 Å². The highest BCUT2D eigenvalue weighted by atomic mass is 19.4. The van der Waals surface area contributed by atoms with Gasteiger partial charge in [0.25, 0.3) is 5.91 Å². The van der Waals surface area contributed by atoms with Crippen molar-refractivity contribution in [3.8, 4) is 5.82 Å². The van der Waals surface area contributed by atoms with E-state index in [0.717, 1.165) is 5.69 Å². The van der Waals surface area contributed by atoms with Gasteiger partial charge in [-0.1, -0.05) is 5.16 Å². The van der Waals surface area contributed by atoms with Crippen LogP contribution in [0.1, 0.15) is 28.2 Å². The first-order chi connectivity index (χ1) is 10.8. The van der Waals surface area contributed by atoms with Crippen molar-refractivity contribution in [1.82, 2.24) is 14.6 Å². The van der Waals surface area contributed by atoms with Crippen molar-refractivity contribution in [2.45, 2.75) is 26.4 Å². The Morgan fingerprint density at radius 1 is 1.39 bits per heavy atom. The molecular weight excluding hydrogens is 311 g/mol. The Hall–Kier alpha value is -2.25. The summed E-state index contributed by atoms with van der Waals surface area (Å²) in [6, 6.07) is 3.33. The van der Waals surface area contributed by atoms with Crippen molar-refractivity contribution in [3.63, 3.8) is 0 Å². The number of carbonyl (C=O) groups excluding carboxylic acids is 1. The molecule has 1 amide bonds. The molecular formula is C15H16F3N3O2. The summed E-state index contributed by atoms with van der Waals surface area (Å²) in [5.41, 5.74) is 1.80. The van der Waals surface area contributed by atoms with Gasteiger partial charge in [-0.25, -0.2) is 0 Å². The molecule has 3 heterocycles. The molecule has 2 aromatic heterocycles. The highest BCUT2D eigenvalue weighted by Crippen LogP contribution is 2.34. The van der Waals surface area contributed by atoms with Crippen molar-refractivity contribution in [1.29, 1.82) is 0 Å². The number of nitrogens with zero attached hydrogens (tertiary/aromatic N) is 3. The number of carbonyl (C=O) groups is 1. The maximum absolute atomic E-state index is 12.8. The Balaban J connectivity index is 1.86. The molecule has 5 nitrogen and oxygen atoms in total. The minimum Gasteiger partial charge on any atom is -0.363 e. The van der Waals surface area contributed by atoms with E-state index >= 15 is 0 Å². The smallest absolute Gasteiger partial charge is 0.363 e. The van der Waals surface area contributed by atoms with Crippen molar-refractivity contribution < 1.29 is 22.5 Å². The average Bonchev–Trinajstić information content (AvgIpc) is 3.17. The Labute approximate surface area is 130 Å². The lowest BCUT2D eigenvalue weighted by Gasteiger charge is -2.18. The van der Waals surface area contributed by atoms with Crippen LogP contribution >= 0.6 is 0 Å². The molecule has 1 aliphatic rings. The highest BCUT2D eigenvalue weighted by Gasteiger charge is 2.45. The first kappa shape index (κ1) is 15.6. The van der Waals surface area contributed by atoms with E-state index in [-0.39, 0.29) is 25.4 Å². The number of likely N-dealkylation sites (tertiary alicyclic amines) is 1. The van der Waals surface area contributed by atoms with E-state index in [1.54, 1.807) is 30.5 Å². The van der Waals surface area contributed by atoms with Gasteiger partial charge in [-0.2, -0.15) is 13.2 Å². The molecule has 23 heavy (non-hydrogen) atoms. The zero-order valence-electron chi connectivity index (χ0n) is 12.7. The van der Waals surface area contributed by atoms with E-state index in [0.29, 0.717) is 17.1 Å². The van der Waals surface area contributed by atoms with Gasteiger partial charge in [-0.05, 0) is 26.3 Å². The topological polar surface area (TPSA) is 51.3 Å². The van der Waals surface area contributed by atoms with Gasteiger partial charge in [0.1, 0.15) is 6.26 Å². The Kier molecular flexibility index (Phi) is 3.69. The van der Waals surface area contributed by atoms with Gasteiger partial charge in [0, 0.05) is 30.5 Å². The van der Waals surface area contributed by atoms with Gasteiger partial charge in [0.05, 0.1) is 11.5 Å². The van der Waals surface area contributed by atoms with Crippen LogP contribution in [-0.2, 0) is 0 Å². The van der Waals surface area contributed by atoms with Gasteiger partial charge in [-0.15, -0.1) is 0 Å². The minimum atomic E-state index is -4.26. The molecule has 0 aliphatic carbocycles. The maximum Gasteiger partial charge on any atom is 0.393 e. The van der Waals surface area contributed by atoms with Gasteiger partial charge in [0.15, 0.2) is 5.82 Å². The molecule has 124 valence electrons. The third-order valence-corrected chi connectivity index (χ3v) is 4.25. The van der Waals surface area contributed by atoms with Crippen LogP contribution in [0.25, 0.3) is 5.82 Å². The number of alkyl halides is 3. The van der Waals surface area contributed by atoms with E-state index in [9.17, 15) is 18.0 Å². The molecule has 0 saturated carbocycles. The maximum atomic E-state index is 12.8. The van der Waals surface area contributed by atoms with Crippen LogP contribution in [-0.4, -0.2) is 39.8 Å². The fraction of sp³-hybridized carbons (Fsp3) is 0.467. The van der Waals surface area contributed by atoms with Gasteiger partial charge in [0.2, 0.25) is 0 Å². The molecule has 8 heteroatoms. The summed E-state index contributed by atoms with van der Waals surface area (Å²) in [7, 11) is 0. The van der Waals surface area contributed by atoms with Gasteiger partial charge < -0.3 is 9.42 Å². The molecule has 1 atom stereocenters. The predicted octanol–water partition coefficient (Wildman–Crippen LogP) is 3.11. The predicted molar refractivity (Wildman–Crippen MR) is 75.4 cm³/mol. The largest absolute Gasteiger partial charge is 0.393 e. The second-order valence-electron chi connectivity index (χ2n) is 5.76. The van der Waals surface area contributed by atoms with Crippen LogP contribution in [0, 0.1) is 19.8 Å². The third kappa shape index (κ3) is 2.73. The number of aryl methyl sites for hydroxylation is 1. The SMILES string of the molecule is Cc1cc(C(=O)N2CC[C@H](C(F)(F)F)C2)c(C)n1-c1ccon1. The molecule has 1 aliphatic heterocycles. The Morgan fingerprint density at radius 3 is 2.70 bits per heavy atom. The number of aromatic nitrogens is 2. The first-order valence-corrected chi connectivity index (χ1v) is 7.24. The Morgan fingerprint density at radius 2 is 2.13 bits per heavy atom.